The van der Waals surface area contributed by atoms with Crippen LogP contribution in [-0.2, 0) is 4.74 Å². The van der Waals surface area contributed by atoms with Crippen LogP contribution in [0.5, 0.6) is 5.75 Å². The zero-order valence-electron chi connectivity index (χ0n) is 10.5. The standard InChI is InChI=1S/C13H20FNO2/c1-9(8-17-3)7-15-10(2)12-5-4-11(16)6-13(12)14/h4-6,9-10,15-16H,7-8H2,1-3H3. The first-order valence-corrected chi connectivity index (χ1v) is 5.75. The molecule has 0 heterocycles. The second-order valence-corrected chi connectivity index (χ2v) is 4.40. The Bertz CT molecular complexity index is 357. The number of aromatic hydroxyl groups is 1. The summed E-state index contributed by atoms with van der Waals surface area (Å²) in [5.41, 5.74) is 0.562. The molecule has 0 aromatic heterocycles. The van der Waals surface area contributed by atoms with Crippen molar-refractivity contribution in [2.24, 2.45) is 5.92 Å². The van der Waals surface area contributed by atoms with Gasteiger partial charge in [0.05, 0.1) is 0 Å². The number of nitrogens with one attached hydrogen (secondary N) is 1. The topological polar surface area (TPSA) is 41.5 Å². The van der Waals surface area contributed by atoms with Crippen LogP contribution < -0.4 is 5.32 Å². The molecule has 0 aliphatic carbocycles. The van der Waals surface area contributed by atoms with Gasteiger partial charge in [-0.2, -0.15) is 0 Å². The first-order valence-electron chi connectivity index (χ1n) is 5.75. The second kappa shape index (κ2) is 6.57. The summed E-state index contributed by atoms with van der Waals surface area (Å²) in [4.78, 5) is 0. The Morgan fingerprint density at radius 2 is 2.12 bits per heavy atom. The summed E-state index contributed by atoms with van der Waals surface area (Å²) in [6.07, 6.45) is 0. The Hall–Kier alpha value is -1.13. The third kappa shape index (κ3) is 4.32. The van der Waals surface area contributed by atoms with Crippen molar-refractivity contribution in [2.45, 2.75) is 19.9 Å². The van der Waals surface area contributed by atoms with Gasteiger partial charge in [0.25, 0.3) is 0 Å². The van der Waals surface area contributed by atoms with Gasteiger partial charge in [-0.15, -0.1) is 0 Å². The van der Waals surface area contributed by atoms with Gasteiger partial charge < -0.3 is 15.2 Å². The average Bonchev–Trinajstić information content (AvgIpc) is 2.26. The van der Waals surface area contributed by atoms with Crippen molar-refractivity contribution >= 4 is 0 Å². The van der Waals surface area contributed by atoms with Crippen molar-refractivity contribution in [3.05, 3.63) is 29.6 Å². The van der Waals surface area contributed by atoms with Crippen LogP contribution in [0.2, 0.25) is 0 Å². The van der Waals surface area contributed by atoms with E-state index in [4.69, 9.17) is 9.84 Å². The number of phenolic OH excluding ortho intramolecular Hbond substituents is 1. The fourth-order valence-electron chi connectivity index (χ4n) is 1.70. The second-order valence-electron chi connectivity index (χ2n) is 4.40. The van der Waals surface area contributed by atoms with Gasteiger partial charge in [-0.1, -0.05) is 13.0 Å². The van der Waals surface area contributed by atoms with Crippen molar-refractivity contribution in [3.63, 3.8) is 0 Å². The van der Waals surface area contributed by atoms with Crippen LogP contribution in [0.15, 0.2) is 18.2 Å². The maximum absolute atomic E-state index is 13.5. The van der Waals surface area contributed by atoms with Gasteiger partial charge in [0.1, 0.15) is 11.6 Å². The number of hydrogen-bond donors (Lipinski definition) is 2. The molecule has 17 heavy (non-hydrogen) atoms. The van der Waals surface area contributed by atoms with Crippen LogP contribution in [0.4, 0.5) is 4.39 Å². The zero-order chi connectivity index (χ0) is 12.8. The molecule has 0 saturated heterocycles. The minimum absolute atomic E-state index is 0.0498. The summed E-state index contributed by atoms with van der Waals surface area (Å²) < 4.78 is 18.6. The maximum Gasteiger partial charge on any atom is 0.131 e. The lowest BCUT2D eigenvalue weighted by Crippen LogP contribution is -2.27. The fourth-order valence-corrected chi connectivity index (χ4v) is 1.70. The summed E-state index contributed by atoms with van der Waals surface area (Å²) in [7, 11) is 1.67. The molecule has 4 heteroatoms. The number of benzene rings is 1. The highest BCUT2D eigenvalue weighted by molar-refractivity contribution is 5.29. The largest absolute Gasteiger partial charge is 0.508 e. The molecule has 1 aromatic carbocycles. The molecule has 2 unspecified atom stereocenters. The Morgan fingerprint density at radius 3 is 2.71 bits per heavy atom. The smallest absolute Gasteiger partial charge is 0.131 e. The van der Waals surface area contributed by atoms with E-state index >= 15 is 0 Å². The predicted octanol–water partition coefficient (Wildman–Crippen LogP) is 2.46. The molecule has 0 radical (unpaired) electrons. The molecule has 0 aliphatic heterocycles. The lowest BCUT2D eigenvalue weighted by molar-refractivity contribution is 0.157. The molecule has 0 bridgehead atoms. The van der Waals surface area contributed by atoms with E-state index in [0.29, 0.717) is 18.1 Å². The maximum atomic E-state index is 13.5. The molecule has 0 saturated carbocycles. The average molecular weight is 241 g/mol. The van der Waals surface area contributed by atoms with Gasteiger partial charge in [-0.3, -0.25) is 0 Å². The molecule has 0 spiro atoms. The number of halogens is 1. The van der Waals surface area contributed by atoms with E-state index in [0.717, 1.165) is 12.6 Å². The highest BCUT2D eigenvalue weighted by Gasteiger charge is 2.12. The normalized spacial score (nSPS) is 14.6. The monoisotopic (exact) mass is 241 g/mol. The van der Waals surface area contributed by atoms with Crippen molar-refractivity contribution in [3.8, 4) is 5.75 Å². The molecule has 2 N–H and O–H groups in total. The van der Waals surface area contributed by atoms with E-state index in [1.54, 1.807) is 13.2 Å². The van der Waals surface area contributed by atoms with Crippen LogP contribution in [0.1, 0.15) is 25.5 Å². The van der Waals surface area contributed by atoms with Gasteiger partial charge in [-0.25, -0.2) is 4.39 Å². The first kappa shape index (κ1) is 13.9. The van der Waals surface area contributed by atoms with Crippen molar-refractivity contribution < 1.29 is 14.2 Å². The Morgan fingerprint density at radius 1 is 1.41 bits per heavy atom. The van der Waals surface area contributed by atoms with Crippen LogP contribution in [-0.4, -0.2) is 25.4 Å². The third-order valence-corrected chi connectivity index (χ3v) is 2.67. The molecule has 2 atom stereocenters. The number of ether oxygens (including phenoxy) is 1. The van der Waals surface area contributed by atoms with Crippen LogP contribution >= 0.6 is 0 Å². The van der Waals surface area contributed by atoms with Gasteiger partial charge in [0.15, 0.2) is 0 Å². The minimum atomic E-state index is -0.385. The van der Waals surface area contributed by atoms with Gasteiger partial charge >= 0.3 is 0 Å². The van der Waals surface area contributed by atoms with E-state index < -0.39 is 0 Å². The van der Waals surface area contributed by atoms with E-state index in [-0.39, 0.29) is 17.6 Å². The molecule has 0 aliphatic rings. The highest BCUT2D eigenvalue weighted by atomic mass is 19.1. The quantitative estimate of drug-likeness (QED) is 0.804. The van der Waals surface area contributed by atoms with Gasteiger partial charge in [0.2, 0.25) is 0 Å². The highest BCUT2D eigenvalue weighted by Crippen LogP contribution is 2.20. The lowest BCUT2D eigenvalue weighted by atomic mass is 10.1. The SMILES string of the molecule is COCC(C)CNC(C)c1ccc(O)cc1F. The molecular formula is C13H20FNO2. The van der Waals surface area contributed by atoms with Gasteiger partial charge in [-0.05, 0) is 18.9 Å². The molecule has 96 valence electrons. The number of rotatable bonds is 6. The fraction of sp³-hybridized carbons (Fsp3) is 0.538. The molecule has 0 amide bonds. The molecule has 1 aromatic rings. The summed E-state index contributed by atoms with van der Waals surface area (Å²) in [5, 5.41) is 12.4. The predicted molar refractivity (Wildman–Crippen MR) is 65.5 cm³/mol. The lowest BCUT2D eigenvalue weighted by Gasteiger charge is -2.18. The van der Waals surface area contributed by atoms with Crippen LogP contribution in [0.25, 0.3) is 0 Å². The number of methoxy groups -OCH3 is 1. The van der Waals surface area contributed by atoms with E-state index in [1.807, 2.05) is 6.92 Å². The molecule has 3 nitrogen and oxygen atoms in total. The molecular weight excluding hydrogens is 221 g/mol. The van der Waals surface area contributed by atoms with E-state index in [2.05, 4.69) is 12.2 Å². The summed E-state index contributed by atoms with van der Waals surface area (Å²) in [6, 6.07) is 4.14. The molecule has 1 rings (SSSR count). The van der Waals surface area contributed by atoms with Crippen molar-refractivity contribution in [2.75, 3.05) is 20.3 Å². The van der Waals surface area contributed by atoms with Crippen LogP contribution in [0.3, 0.4) is 0 Å². The Balaban J connectivity index is 2.54. The number of phenols is 1. The van der Waals surface area contributed by atoms with Crippen molar-refractivity contribution in [1.82, 2.24) is 5.32 Å². The van der Waals surface area contributed by atoms with E-state index in [1.165, 1.54) is 6.07 Å². The zero-order valence-corrected chi connectivity index (χ0v) is 10.5. The van der Waals surface area contributed by atoms with Crippen LogP contribution in [0, 0.1) is 11.7 Å². The summed E-state index contributed by atoms with van der Waals surface area (Å²) >= 11 is 0. The number of hydrogen-bond acceptors (Lipinski definition) is 3. The van der Waals surface area contributed by atoms with E-state index in [9.17, 15) is 4.39 Å². The third-order valence-electron chi connectivity index (χ3n) is 2.67. The Labute approximate surface area is 102 Å². The minimum Gasteiger partial charge on any atom is -0.508 e. The summed E-state index contributed by atoms with van der Waals surface area (Å²) in [5.74, 6) is -0.0572. The summed E-state index contributed by atoms with van der Waals surface area (Å²) in [6.45, 7) is 5.40. The Kier molecular flexibility index (Phi) is 5.38. The first-order chi connectivity index (χ1) is 8.04. The molecule has 0 fully saturated rings. The van der Waals surface area contributed by atoms with Gasteiger partial charge in [0, 0.05) is 37.9 Å². The van der Waals surface area contributed by atoms with Crippen molar-refractivity contribution in [1.29, 1.82) is 0 Å².